The highest BCUT2D eigenvalue weighted by Gasteiger charge is 2.54. The Bertz CT molecular complexity index is 1460. The first kappa shape index (κ1) is 26.9. The molecule has 0 unspecified atom stereocenters. The van der Waals surface area contributed by atoms with Crippen LogP contribution in [0.4, 0.5) is 5.69 Å². The largest absolute Gasteiger partial charge is 0.507 e. The minimum atomic E-state index is -0.830. The monoisotopic (exact) mass is 525 g/mol. The summed E-state index contributed by atoms with van der Waals surface area (Å²) in [6.07, 6.45) is 3.57. The molecule has 6 heteroatoms. The Labute approximate surface area is 228 Å². The van der Waals surface area contributed by atoms with E-state index in [0.29, 0.717) is 30.5 Å². The number of allylic oxidation sites excluding steroid dienone is 2. The predicted octanol–water partition coefficient (Wildman–Crippen LogP) is 5.61. The van der Waals surface area contributed by atoms with Gasteiger partial charge in [-0.25, -0.2) is 0 Å². The van der Waals surface area contributed by atoms with Gasteiger partial charge in [-0.1, -0.05) is 72.7 Å². The van der Waals surface area contributed by atoms with Crippen LogP contribution >= 0.6 is 0 Å². The van der Waals surface area contributed by atoms with Crippen molar-refractivity contribution in [2.75, 3.05) is 11.5 Å². The van der Waals surface area contributed by atoms with Crippen LogP contribution in [0.3, 0.4) is 0 Å². The van der Waals surface area contributed by atoms with Gasteiger partial charge in [0.25, 0.3) is 0 Å². The molecule has 3 N–H and O–H groups in total. The van der Waals surface area contributed by atoms with E-state index in [4.69, 9.17) is 0 Å². The molecule has 0 aromatic heterocycles. The van der Waals surface area contributed by atoms with Crippen molar-refractivity contribution in [1.29, 1.82) is 0 Å². The van der Waals surface area contributed by atoms with Crippen molar-refractivity contribution < 1.29 is 24.9 Å². The zero-order valence-electron chi connectivity index (χ0n) is 22.4. The highest BCUT2D eigenvalue weighted by atomic mass is 16.3. The van der Waals surface area contributed by atoms with Crippen molar-refractivity contribution in [3.05, 3.63) is 89.0 Å². The summed E-state index contributed by atoms with van der Waals surface area (Å²) < 4.78 is 0. The van der Waals surface area contributed by atoms with Gasteiger partial charge in [-0.15, -0.1) is 0 Å². The zero-order valence-corrected chi connectivity index (χ0v) is 22.4. The van der Waals surface area contributed by atoms with Crippen molar-refractivity contribution in [1.82, 2.24) is 0 Å². The van der Waals surface area contributed by atoms with Crippen LogP contribution in [0.1, 0.15) is 45.1 Å². The Balaban J connectivity index is 1.37. The average molecular weight is 526 g/mol. The van der Waals surface area contributed by atoms with E-state index < -0.39 is 23.9 Å². The number of phenols is 1. The summed E-state index contributed by atoms with van der Waals surface area (Å²) in [5.74, 6) is -2.10. The van der Waals surface area contributed by atoms with Crippen LogP contribution in [0.2, 0.25) is 0 Å². The standard InChI is InChI=1S/C33H35NO5/c1-3-21(18-22-14-16-28(36)25-12-8-7-11-24(22)25)13-15-29(37)30-20(2)17-26-31(27(30)19-35)33(39)34(32(26)38)23-9-5-4-6-10-23/h4-12,14,16,18,26-27,29,31,35-37H,3,13,15,17,19H2,1-2H3/b21-18+/t26-,27+,29-,31-/m1/s1. The number of anilines is 1. The number of imide groups is 1. The van der Waals surface area contributed by atoms with E-state index in [1.54, 1.807) is 30.3 Å². The smallest absolute Gasteiger partial charge is 0.238 e. The second-order valence-corrected chi connectivity index (χ2v) is 10.6. The van der Waals surface area contributed by atoms with Gasteiger partial charge in [0.2, 0.25) is 11.8 Å². The highest BCUT2D eigenvalue weighted by Crippen LogP contribution is 2.47. The third-order valence-corrected chi connectivity index (χ3v) is 8.39. The number of hydrogen-bond acceptors (Lipinski definition) is 5. The second-order valence-electron chi connectivity index (χ2n) is 10.6. The maximum atomic E-state index is 13.5. The molecule has 3 aromatic carbocycles. The van der Waals surface area contributed by atoms with Crippen LogP contribution in [0.25, 0.3) is 16.8 Å². The number of hydrogen-bond donors (Lipinski definition) is 3. The molecule has 2 amide bonds. The van der Waals surface area contributed by atoms with Crippen molar-refractivity contribution in [3.8, 4) is 5.75 Å². The predicted molar refractivity (Wildman–Crippen MR) is 153 cm³/mol. The molecule has 1 fully saturated rings. The molecule has 1 saturated heterocycles. The van der Waals surface area contributed by atoms with Crippen molar-refractivity contribution >= 4 is 34.4 Å². The third-order valence-electron chi connectivity index (χ3n) is 8.39. The van der Waals surface area contributed by atoms with Gasteiger partial charge < -0.3 is 15.3 Å². The lowest BCUT2D eigenvalue weighted by molar-refractivity contribution is -0.123. The number of benzene rings is 3. The minimum absolute atomic E-state index is 0.236. The SMILES string of the molecule is CC/C(=C\c1ccc(O)c2ccccc12)CC[C@@H](O)C1=C(C)C[C@H]2C(=O)N(c3ccccc3)C(=O)[C@H]2[C@H]1CO. The number of nitrogens with zero attached hydrogens (tertiary/aromatic N) is 1. The van der Waals surface area contributed by atoms with E-state index >= 15 is 0 Å². The number of phenolic OH excluding ortho intramolecular Hbond substituents is 1. The molecule has 202 valence electrons. The lowest BCUT2D eigenvalue weighted by Crippen LogP contribution is -2.38. The van der Waals surface area contributed by atoms with Gasteiger partial charge in [0.15, 0.2) is 0 Å². The van der Waals surface area contributed by atoms with Gasteiger partial charge in [-0.05, 0) is 67.3 Å². The average Bonchev–Trinajstić information content (AvgIpc) is 3.20. The van der Waals surface area contributed by atoms with E-state index in [9.17, 15) is 24.9 Å². The number of carbonyl (C=O) groups excluding carboxylic acids is 2. The molecule has 0 radical (unpaired) electrons. The first-order valence-electron chi connectivity index (χ1n) is 13.7. The molecular formula is C33H35NO5. The molecule has 4 atom stereocenters. The van der Waals surface area contributed by atoms with Gasteiger partial charge in [-0.3, -0.25) is 14.5 Å². The third kappa shape index (κ3) is 4.90. The van der Waals surface area contributed by atoms with E-state index in [0.717, 1.165) is 33.9 Å². The van der Waals surface area contributed by atoms with Crippen LogP contribution in [0, 0.1) is 17.8 Å². The van der Waals surface area contributed by atoms with Crippen molar-refractivity contribution in [3.63, 3.8) is 0 Å². The number of aliphatic hydroxyl groups is 2. The summed E-state index contributed by atoms with van der Waals surface area (Å²) >= 11 is 0. The molecule has 1 aliphatic carbocycles. The minimum Gasteiger partial charge on any atom is -0.507 e. The molecule has 39 heavy (non-hydrogen) atoms. The maximum Gasteiger partial charge on any atom is 0.238 e. The van der Waals surface area contributed by atoms with Gasteiger partial charge in [0.1, 0.15) is 5.75 Å². The van der Waals surface area contributed by atoms with Crippen molar-refractivity contribution in [2.45, 2.75) is 45.6 Å². The molecule has 3 aromatic rings. The summed E-state index contributed by atoms with van der Waals surface area (Å²) in [5.41, 5.74) is 4.28. The van der Waals surface area contributed by atoms with Crippen LogP contribution in [-0.2, 0) is 9.59 Å². The quantitative estimate of drug-likeness (QED) is 0.262. The number of para-hydroxylation sites is 1. The maximum absolute atomic E-state index is 13.5. The van der Waals surface area contributed by atoms with Crippen LogP contribution in [0.15, 0.2) is 83.4 Å². The van der Waals surface area contributed by atoms with Gasteiger partial charge in [-0.2, -0.15) is 0 Å². The summed E-state index contributed by atoms with van der Waals surface area (Å²) in [5, 5.41) is 33.8. The Hall–Kier alpha value is -3.74. The summed E-state index contributed by atoms with van der Waals surface area (Å²) in [4.78, 5) is 28.0. The molecule has 1 aliphatic heterocycles. The van der Waals surface area contributed by atoms with Crippen molar-refractivity contribution in [2.24, 2.45) is 17.8 Å². The first-order valence-corrected chi connectivity index (χ1v) is 13.7. The van der Waals surface area contributed by atoms with Crippen LogP contribution in [0.5, 0.6) is 5.75 Å². The lowest BCUT2D eigenvalue weighted by Gasteiger charge is -2.35. The van der Waals surface area contributed by atoms with E-state index in [2.05, 4.69) is 13.0 Å². The lowest BCUT2D eigenvalue weighted by atomic mass is 9.68. The number of aromatic hydroxyl groups is 1. The number of fused-ring (bicyclic) bond motifs is 2. The number of amides is 2. The number of rotatable bonds is 8. The van der Waals surface area contributed by atoms with E-state index in [1.165, 1.54) is 4.90 Å². The van der Waals surface area contributed by atoms with E-state index in [-0.39, 0.29) is 24.2 Å². The molecule has 0 spiro atoms. The van der Waals surface area contributed by atoms with Crippen LogP contribution in [-0.4, -0.2) is 39.8 Å². The zero-order chi connectivity index (χ0) is 27.7. The molecule has 0 bridgehead atoms. The summed E-state index contributed by atoms with van der Waals surface area (Å²) in [7, 11) is 0. The molecular weight excluding hydrogens is 490 g/mol. The molecule has 1 heterocycles. The first-order chi connectivity index (χ1) is 18.8. The van der Waals surface area contributed by atoms with E-state index in [1.807, 2.05) is 43.3 Å². The fourth-order valence-electron chi connectivity index (χ4n) is 6.43. The Morgan fingerprint density at radius 2 is 1.69 bits per heavy atom. The topological polar surface area (TPSA) is 98.1 Å². The fraction of sp³-hybridized carbons (Fsp3) is 0.333. The normalized spacial score (nSPS) is 22.5. The van der Waals surface area contributed by atoms with Crippen LogP contribution < -0.4 is 4.90 Å². The molecule has 5 rings (SSSR count). The Kier molecular flexibility index (Phi) is 7.69. The Morgan fingerprint density at radius 1 is 1.00 bits per heavy atom. The fourth-order valence-corrected chi connectivity index (χ4v) is 6.43. The molecule has 0 saturated carbocycles. The molecule has 6 nitrogen and oxygen atoms in total. The van der Waals surface area contributed by atoms with Gasteiger partial charge >= 0.3 is 0 Å². The summed E-state index contributed by atoms with van der Waals surface area (Å²) in [6, 6.07) is 20.2. The van der Waals surface area contributed by atoms with Gasteiger partial charge in [0, 0.05) is 11.3 Å². The van der Waals surface area contributed by atoms with Gasteiger partial charge in [0.05, 0.1) is 30.2 Å². The Morgan fingerprint density at radius 3 is 2.38 bits per heavy atom. The highest BCUT2D eigenvalue weighted by molar-refractivity contribution is 6.22. The number of carbonyl (C=O) groups is 2. The number of aliphatic hydroxyl groups excluding tert-OH is 2. The summed E-state index contributed by atoms with van der Waals surface area (Å²) in [6.45, 7) is 3.68. The molecule has 2 aliphatic rings. The second kappa shape index (κ2) is 11.2.